The standard InChI is InChI=1S/C46H32N10/c1-26-49-27(2)52-45(51-26)32-17-19-41-37(21-32)34-9-5-7-11-39(34)55(41)43-25-48-44(23-36(43)31-15-13-30(24-47)14-16-31)56-40-12-8-6-10-35(40)38-22-33(18-20-42(38)56)46-53-28(3)50-29(4)54-46/h5-23,25H,1-4H3. The van der Waals surface area contributed by atoms with Gasteiger partial charge >= 0.3 is 0 Å². The molecule has 5 aromatic heterocycles. The molecule has 10 rings (SSSR count). The van der Waals surface area contributed by atoms with E-state index < -0.39 is 0 Å². The predicted octanol–water partition coefficient (Wildman–Crippen LogP) is 9.75. The van der Waals surface area contributed by atoms with Gasteiger partial charge in [-0.05, 0) is 100.0 Å². The van der Waals surface area contributed by atoms with Crippen LogP contribution in [0.1, 0.15) is 28.9 Å². The van der Waals surface area contributed by atoms with E-state index in [1.807, 2.05) is 58.2 Å². The maximum atomic E-state index is 9.67. The highest BCUT2D eigenvalue weighted by molar-refractivity contribution is 6.12. The van der Waals surface area contributed by atoms with Crippen LogP contribution in [0.2, 0.25) is 0 Å². The maximum absolute atomic E-state index is 9.67. The Bertz CT molecular complexity index is 3220. The van der Waals surface area contributed by atoms with E-state index in [0.29, 0.717) is 40.5 Å². The average molecular weight is 725 g/mol. The Labute approximate surface area is 321 Å². The largest absolute Gasteiger partial charge is 0.307 e. The number of pyridine rings is 1. The molecule has 5 aromatic carbocycles. The number of rotatable bonds is 5. The van der Waals surface area contributed by atoms with E-state index in [0.717, 1.165) is 77.4 Å². The van der Waals surface area contributed by atoms with Crippen molar-refractivity contribution in [2.45, 2.75) is 27.7 Å². The van der Waals surface area contributed by atoms with Crippen molar-refractivity contribution >= 4 is 43.6 Å². The molecular weight excluding hydrogens is 693 g/mol. The number of aryl methyl sites for hydroxylation is 4. The van der Waals surface area contributed by atoms with Crippen molar-refractivity contribution in [2.24, 2.45) is 0 Å². The summed E-state index contributed by atoms with van der Waals surface area (Å²) >= 11 is 0. The fourth-order valence-corrected chi connectivity index (χ4v) is 7.91. The summed E-state index contributed by atoms with van der Waals surface area (Å²) in [5.41, 5.74) is 9.39. The monoisotopic (exact) mass is 724 g/mol. The van der Waals surface area contributed by atoms with Crippen molar-refractivity contribution in [3.8, 4) is 51.5 Å². The summed E-state index contributed by atoms with van der Waals surface area (Å²) in [6, 6.07) is 41.7. The minimum atomic E-state index is 0.597. The Kier molecular flexibility index (Phi) is 7.50. The van der Waals surface area contributed by atoms with Gasteiger partial charge in [0.15, 0.2) is 11.6 Å². The molecule has 0 spiro atoms. The Hall–Kier alpha value is -7.64. The van der Waals surface area contributed by atoms with E-state index in [4.69, 9.17) is 4.98 Å². The quantitative estimate of drug-likeness (QED) is 0.172. The van der Waals surface area contributed by atoms with Gasteiger partial charge in [-0.2, -0.15) is 5.26 Å². The first-order chi connectivity index (χ1) is 27.3. The zero-order valence-electron chi connectivity index (χ0n) is 31.0. The number of hydrogen-bond acceptors (Lipinski definition) is 8. The first-order valence-electron chi connectivity index (χ1n) is 18.3. The van der Waals surface area contributed by atoms with Crippen LogP contribution in [-0.2, 0) is 0 Å². The lowest BCUT2D eigenvalue weighted by Gasteiger charge is -2.16. The molecule has 0 aliphatic heterocycles. The molecule has 0 saturated heterocycles. The molecule has 0 saturated carbocycles. The van der Waals surface area contributed by atoms with Crippen molar-refractivity contribution < 1.29 is 0 Å². The molecule has 5 heterocycles. The van der Waals surface area contributed by atoms with Crippen molar-refractivity contribution in [3.63, 3.8) is 0 Å². The topological polar surface area (TPSA) is 124 Å². The number of aromatic nitrogens is 9. The fourth-order valence-electron chi connectivity index (χ4n) is 7.91. The molecule has 0 fully saturated rings. The lowest BCUT2D eigenvalue weighted by atomic mass is 10.0. The van der Waals surface area contributed by atoms with Crippen molar-refractivity contribution in [1.82, 2.24) is 44.0 Å². The molecule has 10 nitrogen and oxygen atoms in total. The van der Waals surface area contributed by atoms with Gasteiger partial charge in [-0.3, -0.25) is 4.57 Å². The third kappa shape index (κ3) is 5.36. The first-order valence-corrected chi connectivity index (χ1v) is 18.3. The number of hydrogen-bond donors (Lipinski definition) is 0. The third-order valence-corrected chi connectivity index (χ3v) is 10.2. The second-order valence-corrected chi connectivity index (χ2v) is 13.9. The predicted molar refractivity (Wildman–Crippen MR) is 220 cm³/mol. The van der Waals surface area contributed by atoms with Crippen molar-refractivity contribution in [1.29, 1.82) is 5.26 Å². The molecule has 0 unspecified atom stereocenters. The molecule has 0 aliphatic carbocycles. The summed E-state index contributed by atoms with van der Waals surface area (Å²) in [6.07, 6.45) is 1.96. The van der Waals surface area contributed by atoms with Gasteiger partial charge in [0.05, 0.1) is 45.6 Å². The minimum absolute atomic E-state index is 0.597. The Morgan fingerprint density at radius 2 is 0.929 bits per heavy atom. The molecule has 0 radical (unpaired) electrons. The van der Waals surface area contributed by atoms with Gasteiger partial charge in [-0.25, -0.2) is 34.9 Å². The molecule has 56 heavy (non-hydrogen) atoms. The van der Waals surface area contributed by atoms with E-state index in [9.17, 15) is 5.26 Å². The molecule has 10 heteroatoms. The number of nitriles is 1. The Balaban J connectivity index is 1.21. The van der Waals surface area contributed by atoms with Crippen LogP contribution in [0, 0.1) is 39.0 Å². The van der Waals surface area contributed by atoms with E-state index in [1.165, 1.54) is 0 Å². The zero-order chi connectivity index (χ0) is 38.1. The average Bonchev–Trinajstić information content (AvgIpc) is 3.72. The molecule has 266 valence electrons. The van der Waals surface area contributed by atoms with Crippen LogP contribution in [0.3, 0.4) is 0 Å². The van der Waals surface area contributed by atoms with Gasteiger partial charge in [-0.1, -0.05) is 48.5 Å². The summed E-state index contributed by atoms with van der Waals surface area (Å²) in [7, 11) is 0. The third-order valence-electron chi connectivity index (χ3n) is 10.2. The van der Waals surface area contributed by atoms with Crippen LogP contribution < -0.4 is 0 Å². The number of para-hydroxylation sites is 2. The summed E-state index contributed by atoms with van der Waals surface area (Å²) in [6.45, 7) is 7.55. The molecule has 0 atom stereocenters. The van der Waals surface area contributed by atoms with Crippen LogP contribution in [0.5, 0.6) is 0 Å². The lowest BCUT2D eigenvalue weighted by molar-refractivity contribution is 0.928. The number of nitrogens with zero attached hydrogens (tertiary/aromatic N) is 10. The summed E-state index contributed by atoms with van der Waals surface area (Å²) in [4.78, 5) is 32.6. The molecule has 0 amide bonds. The van der Waals surface area contributed by atoms with Gasteiger partial charge in [0.25, 0.3) is 0 Å². The molecular formula is C46H32N10. The van der Waals surface area contributed by atoms with Crippen LogP contribution in [-0.4, -0.2) is 44.0 Å². The number of benzene rings is 5. The number of fused-ring (bicyclic) bond motifs is 6. The smallest absolute Gasteiger partial charge is 0.163 e. The van der Waals surface area contributed by atoms with Crippen LogP contribution in [0.4, 0.5) is 0 Å². The normalized spacial score (nSPS) is 11.6. The van der Waals surface area contributed by atoms with Crippen molar-refractivity contribution in [2.75, 3.05) is 0 Å². The Morgan fingerprint density at radius 3 is 1.46 bits per heavy atom. The van der Waals surface area contributed by atoms with E-state index >= 15 is 0 Å². The van der Waals surface area contributed by atoms with Gasteiger partial charge in [0.1, 0.15) is 29.1 Å². The van der Waals surface area contributed by atoms with Crippen LogP contribution >= 0.6 is 0 Å². The van der Waals surface area contributed by atoms with Gasteiger partial charge in [-0.15, -0.1) is 0 Å². The van der Waals surface area contributed by atoms with Gasteiger partial charge < -0.3 is 4.57 Å². The van der Waals surface area contributed by atoms with Crippen LogP contribution in [0.15, 0.2) is 121 Å². The van der Waals surface area contributed by atoms with E-state index in [-0.39, 0.29) is 0 Å². The summed E-state index contributed by atoms with van der Waals surface area (Å²) in [5, 5.41) is 14.0. The highest BCUT2D eigenvalue weighted by atomic mass is 15.1. The van der Waals surface area contributed by atoms with E-state index in [1.54, 1.807) is 0 Å². The second kappa shape index (κ2) is 12.7. The Morgan fingerprint density at radius 1 is 0.464 bits per heavy atom. The van der Waals surface area contributed by atoms with Gasteiger partial charge in [0.2, 0.25) is 0 Å². The first kappa shape index (κ1) is 33.0. The highest BCUT2D eigenvalue weighted by Gasteiger charge is 2.21. The summed E-state index contributed by atoms with van der Waals surface area (Å²) in [5.74, 6) is 4.81. The molecule has 0 N–H and O–H groups in total. The van der Waals surface area contributed by atoms with Crippen molar-refractivity contribution in [3.05, 3.63) is 150 Å². The minimum Gasteiger partial charge on any atom is -0.307 e. The van der Waals surface area contributed by atoms with Gasteiger partial charge in [0, 0.05) is 38.2 Å². The summed E-state index contributed by atoms with van der Waals surface area (Å²) < 4.78 is 4.49. The fraction of sp³-hybridized carbons (Fsp3) is 0.0870. The second-order valence-electron chi connectivity index (χ2n) is 13.9. The highest BCUT2D eigenvalue weighted by Crippen LogP contribution is 2.40. The lowest BCUT2D eigenvalue weighted by Crippen LogP contribution is -2.03. The van der Waals surface area contributed by atoms with E-state index in [2.05, 4.69) is 136 Å². The zero-order valence-corrected chi connectivity index (χ0v) is 31.0. The maximum Gasteiger partial charge on any atom is 0.163 e. The molecule has 0 bridgehead atoms. The molecule has 10 aromatic rings. The van der Waals surface area contributed by atoms with Crippen LogP contribution in [0.25, 0.3) is 89.0 Å². The molecule has 0 aliphatic rings. The SMILES string of the molecule is Cc1nc(C)nc(-c2ccc3c(c2)c2ccccc2n3-c2cc(-c3ccc(C#N)cc3)c(-n3c4ccccc4c4cc(-c5nc(C)nc(C)n5)ccc43)cn2)n1.